The maximum absolute atomic E-state index is 13.3. The Hall–Kier alpha value is -3.13. The molecular weight excluding hydrogens is 297 g/mol. The van der Waals surface area contributed by atoms with Crippen molar-refractivity contribution in [3.63, 3.8) is 0 Å². The smallest absolute Gasteiger partial charge is 0.123 e. The molecule has 0 amide bonds. The number of aromatic amines is 1. The first kappa shape index (κ1) is 14.5. The van der Waals surface area contributed by atoms with E-state index in [0.29, 0.717) is 0 Å². The predicted octanol–water partition coefficient (Wildman–Crippen LogP) is 6.15. The molecule has 1 N–H and O–H groups in total. The second-order valence-corrected chi connectivity index (χ2v) is 5.71. The van der Waals surface area contributed by atoms with Crippen LogP contribution in [0.1, 0.15) is 0 Å². The molecule has 116 valence electrons. The van der Waals surface area contributed by atoms with E-state index in [0.717, 1.165) is 33.6 Å². The van der Waals surface area contributed by atoms with Gasteiger partial charge in [-0.25, -0.2) is 4.39 Å². The van der Waals surface area contributed by atoms with Gasteiger partial charge < -0.3 is 4.98 Å². The summed E-state index contributed by atoms with van der Waals surface area (Å²) in [5.74, 6) is -0.223. The summed E-state index contributed by atoms with van der Waals surface area (Å²) in [5.41, 5.74) is 6.39. The van der Waals surface area contributed by atoms with E-state index < -0.39 is 0 Å². The molecule has 24 heavy (non-hydrogen) atoms. The zero-order chi connectivity index (χ0) is 16.4. The molecule has 0 saturated carbocycles. The predicted molar refractivity (Wildman–Crippen MR) is 97.1 cm³/mol. The molecule has 1 heterocycles. The number of hydrogen-bond acceptors (Lipinski definition) is 0. The minimum absolute atomic E-state index is 0.223. The maximum Gasteiger partial charge on any atom is 0.123 e. The summed E-state index contributed by atoms with van der Waals surface area (Å²) >= 11 is 0. The highest BCUT2D eigenvalue weighted by Gasteiger charge is 2.13. The van der Waals surface area contributed by atoms with Gasteiger partial charge >= 0.3 is 0 Å². The van der Waals surface area contributed by atoms with E-state index in [2.05, 4.69) is 35.3 Å². The lowest BCUT2D eigenvalue weighted by Crippen LogP contribution is -1.83. The number of rotatable bonds is 3. The highest BCUT2D eigenvalue weighted by atomic mass is 19.1. The summed E-state index contributed by atoms with van der Waals surface area (Å²) < 4.78 is 13.3. The van der Waals surface area contributed by atoms with Gasteiger partial charge in [-0.1, -0.05) is 72.8 Å². The molecule has 1 nitrogen and oxygen atoms in total. The standard InChI is InChI=1S/C22H16FN/c23-19-13-11-16(12-14-19)20-15-21(17-7-3-1-4-8-17)24-22(20)18-9-5-2-6-10-18/h1-15,24H. The van der Waals surface area contributed by atoms with E-state index in [1.807, 2.05) is 48.5 Å². The molecule has 2 heteroatoms. The lowest BCUT2D eigenvalue weighted by molar-refractivity contribution is 0.628. The van der Waals surface area contributed by atoms with Crippen LogP contribution in [0.4, 0.5) is 4.39 Å². The first-order chi connectivity index (χ1) is 11.8. The van der Waals surface area contributed by atoms with Crippen LogP contribution in [0.5, 0.6) is 0 Å². The van der Waals surface area contributed by atoms with Crippen molar-refractivity contribution >= 4 is 0 Å². The van der Waals surface area contributed by atoms with Crippen LogP contribution in [-0.2, 0) is 0 Å². The highest BCUT2D eigenvalue weighted by molar-refractivity contribution is 5.85. The summed E-state index contributed by atoms with van der Waals surface area (Å²) in [5, 5.41) is 0. The van der Waals surface area contributed by atoms with Gasteiger partial charge in [-0.05, 0) is 34.9 Å². The Balaban J connectivity index is 1.90. The number of benzene rings is 3. The molecular formula is C22H16FN. The Morgan fingerprint density at radius 3 is 1.79 bits per heavy atom. The molecule has 3 aromatic carbocycles. The zero-order valence-corrected chi connectivity index (χ0v) is 13.0. The van der Waals surface area contributed by atoms with Gasteiger partial charge in [0.2, 0.25) is 0 Å². The Morgan fingerprint density at radius 1 is 0.583 bits per heavy atom. The molecule has 0 bridgehead atoms. The SMILES string of the molecule is Fc1ccc(-c2cc(-c3ccccc3)[nH]c2-c2ccccc2)cc1. The van der Waals surface area contributed by atoms with Crippen LogP contribution >= 0.6 is 0 Å². The van der Waals surface area contributed by atoms with Crippen LogP contribution < -0.4 is 0 Å². The number of H-pyrrole nitrogens is 1. The van der Waals surface area contributed by atoms with E-state index in [-0.39, 0.29) is 5.82 Å². The number of hydrogen-bond donors (Lipinski definition) is 1. The minimum Gasteiger partial charge on any atom is -0.354 e. The normalized spacial score (nSPS) is 10.7. The zero-order valence-electron chi connectivity index (χ0n) is 13.0. The molecule has 4 rings (SSSR count). The third-order valence-electron chi connectivity index (χ3n) is 4.12. The van der Waals surface area contributed by atoms with Gasteiger partial charge in [0.1, 0.15) is 5.82 Å². The molecule has 0 unspecified atom stereocenters. The van der Waals surface area contributed by atoms with Gasteiger partial charge in [-0.3, -0.25) is 0 Å². The Labute approximate surface area is 140 Å². The Morgan fingerprint density at radius 2 is 1.17 bits per heavy atom. The van der Waals surface area contributed by atoms with E-state index in [9.17, 15) is 4.39 Å². The maximum atomic E-state index is 13.3. The van der Waals surface area contributed by atoms with Gasteiger partial charge in [0.15, 0.2) is 0 Å². The van der Waals surface area contributed by atoms with Crippen molar-refractivity contribution in [2.75, 3.05) is 0 Å². The van der Waals surface area contributed by atoms with Crippen molar-refractivity contribution in [3.8, 4) is 33.6 Å². The highest BCUT2D eigenvalue weighted by Crippen LogP contribution is 2.35. The third kappa shape index (κ3) is 2.74. The molecule has 0 saturated heterocycles. The fraction of sp³-hybridized carbons (Fsp3) is 0. The summed E-state index contributed by atoms with van der Waals surface area (Å²) in [6.07, 6.45) is 0. The van der Waals surface area contributed by atoms with Crippen LogP contribution in [0.15, 0.2) is 91.0 Å². The summed E-state index contributed by atoms with van der Waals surface area (Å²) in [7, 11) is 0. The van der Waals surface area contributed by atoms with E-state index in [1.54, 1.807) is 0 Å². The fourth-order valence-corrected chi connectivity index (χ4v) is 2.92. The first-order valence-electron chi connectivity index (χ1n) is 7.91. The van der Waals surface area contributed by atoms with Crippen LogP contribution in [0.3, 0.4) is 0 Å². The average Bonchev–Trinajstić information content (AvgIpc) is 3.09. The lowest BCUT2D eigenvalue weighted by Gasteiger charge is -2.04. The number of aromatic nitrogens is 1. The molecule has 0 radical (unpaired) electrons. The van der Waals surface area contributed by atoms with Gasteiger partial charge in [0, 0.05) is 11.3 Å². The summed E-state index contributed by atoms with van der Waals surface area (Å²) in [6.45, 7) is 0. The van der Waals surface area contributed by atoms with Crippen molar-refractivity contribution < 1.29 is 4.39 Å². The van der Waals surface area contributed by atoms with Crippen molar-refractivity contribution in [1.82, 2.24) is 4.98 Å². The molecule has 0 aliphatic rings. The minimum atomic E-state index is -0.223. The van der Waals surface area contributed by atoms with Gasteiger partial charge in [-0.2, -0.15) is 0 Å². The number of halogens is 1. The quantitative estimate of drug-likeness (QED) is 0.466. The van der Waals surface area contributed by atoms with Crippen LogP contribution in [-0.4, -0.2) is 4.98 Å². The second-order valence-electron chi connectivity index (χ2n) is 5.71. The largest absolute Gasteiger partial charge is 0.354 e. The molecule has 0 fully saturated rings. The second kappa shape index (κ2) is 6.17. The summed E-state index contributed by atoms with van der Waals surface area (Å²) in [4.78, 5) is 3.53. The topological polar surface area (TPSA) is 15.8 Å². The Kier molecular flexibility index (Phi) is 3.72. The molecule has 0 spiro atoms. The summed E-state index contributed by atoms with van der Waals surface area (Å²) in [6, 6.07) is 29.2. The fourth-order valence-electron chi connectivity index (χ4n) is 2.92. The van der Waals surface area contributed by atoms with Crippen molar-refractivity contribution in [3.05, 3.63) is 96.8 Å². The average molecular weight is 313 g/mol. The van der Waals surface area contributed by atoms with Gasteiger partial charge in [0.05, 0.1) is 5.69 Å². The molecule has 4 aromatic rings. The van der Waals surface area contributed by atoms with Crippen LogP contribution in [0.2, 0.25) is 0 Å². The third-order valence-corrected chi connectivity index (χ3v) is 4.12. The van der Waals surface area contributed by atoms with E-state index in [1.165, 1.54) is 12.1 Å². The molecule has 0 aliphatic carbocycles. The Bertz CT molecular complexity index is 938. The van der Waals surface area contributed by atoms with E-state index >= 15 is 0 Å². The number of nitrogens with one attached hydrogen (secondary N) is 1. The van der Waals surface area contributed by atoms with Crippen molar-refractivity contribution in [1.29, 1.82) is 0 Å². The van der Waals surface area contributed by atoms with Gasteiger partial charge in [-0.15, -0.1) is 0 Å². The molecule has 1 aromatic heterocycles. The van der Waals surface area contributed by atoms with Crippen LogP contribution in [0, 0.1) is 5.82 Å². The van der Waals surface area contributed by atoms with Crippen LogP contribution in [0.25, 0.3) is 33.6 Å². The first-order valence-corrected chi connectivity index (χ1v) is 7.91. The monoisotopic (exact) mass is 313 g/mol. The molecule has 0 atom stereocenters. The van der Waals surface area contributed by atoms with Crippen molar-refractivity contribution in [2.45, 2.75) is 0 Å². The van der Waals surface area contributed by atoms with Gasteiger partial charge in [0.25, 0.3) is 0 Å². The lowest BCUT2D eigenvalue weighted by atomic mass is 10.0. The molecule has 0 aliphatic heterocycles. The van der Waals surface area contributed by atoms with Crippen molar-refractivity contribution in [2.24, 2.45) is 0 Å². The van der Waals surface area contributed by atoms with E-state index in [4.69, 9.17) is 0 Å².